The molecule has 1 heterocycles. The van der Waals surface area contributed by atoms with E-state index >= 15 is 0 Å². The maximum absolute atomic E-state index is 13.4. The highest BCUT2D eigenvalue weighted by molar-refractivity contribution is 7.92. The minimum atomic E-state index is -3.90. The van der Waals surface area contributed by atoms with E-state index in [1.165, 1.54) is 28.6 Å². The predicted octanol–water partition coefficient (Wildman–Crippen LogP) is 3.95. The standard InChI is InChI=1S/C25H23ClN2O5S/c1-17-13-18-7-3-5-12-23(18)28(17)34(31,32)21-10-6-9-19(14-21)25(30)33-16-24(29)27-15-20-8-2-4-11-22(20)26/h2-12,14,17H,13,15-16H2,1H3,(H,27,29)/t17-/m1/s1. The van der Waals surface area contributed by atoms with Gasteiger partial charge in [0, 0.05) is 17.6 Å². The number of hydrogen-bond acceptors (Lipinski definition) is 5. The van der Waals surface area contributed by atoms with Crippen molar-refractivity contribution in [2.45, 2.75) is 30.8 Å². The molecular weight excluding hydrogens is 476 g/mol. The maximum atomic E-state index is 13.4. The third kappa shape index (κ3) is 4.93. The zero-order chi connectivity index (χ0) is 24.3. The summed E-state index contributed by atoms with van der Waals surface area (Å²) in [6.45, 7) is 1.53. The molecule has 1 N–H and O–H groups in total. The summed E-state index contributed by atoms with van der Waals surface area (Å²) < 4.78 is 33.3. The highest BCUT2D eigenvalue weighted by atomic mass is 35.5. The summed E-state index contributed by atoms with van der Waals surface area (Å²) in [5, 5.41) is 3.15. The molecule has 3 aromatic carbocycles. The summed E-state index contributed by atoms with van der Waals surface area (Å²) in [4.78, 5) is 24.6. The number of rotatable bonds is 7. The first-order valence-corrected chi connectivity index (χ1v) is 12.5. The lowest BCUT2D eigenvalue weighted by atomic mass is 10.1. The Hall–Kier alpha value is -3.36. The Kier molecular flexibility index (Phi) is 6.90. The zero-order valence-corrected chi connectivity index (χ0v) is 20.0. The molecule has 4 rings (SSSR count). The van der Waals surface area contributed by atoms with Crippen LogP contribution in [0.25, 0.3) is 0 Å². The number of sulfonamides is 1. The summed E-state index contributed by atoms with van der Waals surface area (Å²) in [7, 11) is -3.90. The molecule has 1 aliphatic rings. The van der Waals surface area contributed by atoms with Crippen molar-refractivity contribution in [1.82, 2.24) is 5.32 Å². The van der Waals surface area contributed by atoms with Gasteiger partial charge in [-0.2, -0.15) is 0 Å². The van der Waals surface area contributed by atoms with Crippen molar-refractivity contribution in [3.63, 3.8) is 0 Å². The van der Waals surface area contributed by atoms with Gasteiger partial charge in [0.15, 0.2) is 6.61 Å². The van der Waals surface area contributed by atoms with E-state index in [9.17, 15) is 18.0 Å². The first-order chi connectivity index (χ1) is 16.3. The molecular formula is C25H23ClN2O5S. The highest BCUT2D eigenvalue weighted by Gasteiger charge is 2.36. The SMILES string of the molecule is C[C@@H]1Cc2ccccc2N1S(=O)(=O)c1cccc(C(=O)OCC(=O)NCc2ccccc2Cl)c1. The van der Waals surface area contributed by atoms with Gasteiger partial charge in [-0.1, -0.05) is 54.1 Å². The van der Waals surface area contributed by atoms with Crippen molar-refractivity contribution < 1.29 is 22.7 Å². The van der Waals surface area contributed by atoms with Crippen molar-refractivity contribution in [3.8, 4) is 0 Å². The third-order valence-electron chi connectivity index (χ3n) is 5.54. The average molecular weight is 499 g/mol. The van der Waals surface area contributed by atoms with Crippen LogP contribution < -0.4 is 9.62 Å². The van der Waals surface area contributed by atoms with Gasteiger partial charge in [-0.05, 0) is 54.8 Å². The lowest BCUT2D eigenvalue weighted by Crippen LogP contribution is -2.35. The maximum Gasteiger partial charge on any atom is 0.338 e. The monoisotopic (exact) mass is 498 g/mol. The number of hydrogen-bond donors (Lipinski definition) is 1. The molecule has 1 atom stereocenters. The fourth-order valence-electron chi connectivity index (χ4n) is 3.90. The highest BCUT2D eigenvalue weighted by Crippen LogP contribution is 2.36. The molecule has 176 valence electrons. The molecule has 0 spiro atoms. The lowest BCUT2D eigenvalue weighted by molar-refractivity contribution is -0.124. The summed E-state index contributed by atoms with van der Waals surface area (Å²) >= 11 is 6.06. The molecule has 1 amide bonds. The number of carbonyl (C=O) groups is 2. The Morgan fingerprint density at radius 1 is 1.06 bits per heavy atom. The van der Waals surface area contributed by atoms with Crippen molar-refractivity contribution >= 4 is 39.2 Å². The minimum Gasteiger partial charge on any atom is -0.452 e. The van der Waals surface area contributed by atoms with Crippen LogP contribution >= 0.6 is 11.6 Å². The van der Waals surface area contributed by atoms with Crippen LogP contribution in [0.2, 0.25) is 5.02 Å². The molecule has 0 aliphatic carbocycles. The van der Waals surface area contributed by atoms with Crippen LogP contribution in [0.15, 0.2) is 77.7 Å². The molecule has 7 nitrogen and oxygen atoms in total. The Morgan fingerprint density at radius 3 is 2.59 bits per heavy atom. The molecule has 34 heavy (non-hydrogen) atoms. The summed E-state index contributed by atoms with van der Waals surface area (Å²) in [6.07, 6.45) is 0.612. The fraction of sp³-hybridized carbons (Fsp3) is 0.200. The minimum absolute atomic E-state index is 0.0197. The number of nitrogens with one attached hydrogen (secondary N) is 1. The van der Waals surface area contributed by atoms with Crippen molar-refractivity contribution in [1.29, 1.82) is 0 Å². The second kappa shape index (κ2) is 9.87. The van der Waals surface area contributed by atoms with Crippen LogP contribution in [0.1, 0.15) is 28.4 Å². The van der Waals surface area contributed by atoms with E-state index in [4.69, 9.17) is 16.3 Å². The van der Waals surface area contributed by atoms with Gasteiger partial charge in [-0.3, -0.25) is 9.10 Å². The summed E-state index contributed by atoms with van der Waals surface area (Å²) in [6, 6.07) is 19.8. The number of esters is 1. The van der Waals surface area contributed by atoms with E-state index in [2.05, 4.69) is 5.32 Å². The van der Waals surface area contributed by atoms with Gasteiger partial charge in [0.1, 0.15) is 0 Å². The quantitative estimate of drug-likeness (QED) is 0.498. The molecule has 1 aliphatic heterocycles. The van der Waals surface area contributed by atoms with Gasteiger partial charge in [-0.15, -0.1) is 0 Å². The van der Waals surface area contributed by atoms with Gasteiger partial charge < -0.3 is 10.1 Å². The smallest absolute Gasteiger partial charge is 0.338 e. The summed E-state index contributed by atoms with van der Waals surface area (Å²) in [5.74, 6) is -1.29. The lowest BCUT2D eigenvalue weighted by Gasteiger charge is -2.24. The molecule has 0 unspecified atom stereocenters. The first-order valence-electron chi connectivity index (χ1n) is 10.7. The topological polar surface area (TPSA) is 92.8 Å². The predicted molar refractivity (Wildman–Crippen MR) is 129 cm³/mol. The van der Waals surface area contributed by atoms with Gasteiger partial charge in [0.05, 0.1) is 16.1 Å². The number of fused-ring (bicyclic) bond motifs is 1. The zero-order valence-electron chi connectivity index (χ0n) is 18.4. The van der Waals surface area contributed by atoms with Crippen LogP contribution in [-0.4, -0.2) is 32.9 Å². The number of nitrogens with zero attached hydrogens (tertiary/aromatic N) is 1. The van der Waals surface area contributed by atoms with Gasteiger partial charge in [0.2, 0.25) is 0 Å². The molecule has 9 heteroatoms. The molecule has 3 aromatic rings. The number of ether oxygens (including phenoxy) is 1. The largest absolute Gasteiger partial charge is 0.452 e. The van der Waals surface area contributed by atoms with Crippen LogP contribution in [0.3, 0.4) is 0 Å². The van der Waals surface area contributed by atoms with Crippen LogP contribution in [0.4, 0.5) is 5.69 Å². The number of benzene rings is 3. The number of anilines is 1. The molecule has 0 aromatic heterocycles. The number of para-hydroxylation sites is 1. The van der Waals surface area contributed by atoms with Crippen LogP contribution in [0, 0.1) is 0 Å². The van der Waals surface area contributed by atoms with Crippen LogP contribution in [-0.2, 0) is 32.5 Å². The molecule has 0 radical (unpaired) electrons. The van der Waals surface area contributed by atoms with E-state index in [1.54, 1.807) is 36.4 Å². The van der Waals surface area contributed by atoms with E-state index in [1.807, 2.05) is 19.1 Å². The third-order valence-corrected chi connectivity index (χ3v) is 7.83. The van der Waals surface area contributed by atoms with Gasteiger partial charge in [-0.25, -0.2) is 13.2 Å². The number of amides is 1. The number of halogens is 1. The second-order valence-electron chi connectivity index (χ2n) is 7.95. The average Bonchev–Trinajstić information content (AvgIpc) is 3.18. The van der Waals surface area contributed by atoms with E-state index in [-0.39, 0.29) is 23.0 Å². The Balaban J connectivity index is 1.42. The van der Waals surface area contributed by atoms with Gasteiger partial charge >= 0.3 is 5.97 Å². The molecule has 0 bridgehead atoms. The van der Waals surface area contributed by atoms with E-state index in [0.29, 0.717) is 17.1 Å². The molecule has 0 saturated heterocycles. The van der Waals surface area contributed by atoms with Crippen molar-refractivity contribution in [2.24, 2.45) is 0 Å². The van der Waals surface area contributed by atoms with E-state index in [0.717, 1.165) is 11.1 Å². The first kappa shape index (κ1) is 23.8. The Labute approximate surface area is 203 Å². The van der Waals surface area contributed by atoms with E-state index < -0.39 is 28.5 Å². The van der Waals surface area contributed by atoms with Crippen molar-refractivity contribution in [2.75, 3.05) is 10.9 Å². The summed E-state index contributed by atoms with van der Waals surface area (Å²) in [5.41, 5.74) is 2.37. The molecule has 0 fully saturated rings. The second-order valence-corrected chi connectivity index (χ2v) is 10.2. The van der Waals surface area contributed by atoms with Crippen LogP contribution in [0.5, 0.6) is 0 Å². The van der Waals surface area contributed by atoms with Crippen molar-refractivity contribution in [3.05, 3.63) is 94.5 Å². The fourth-order valence-corrected chi connectivity index (χ4v) is 5.84. The normalized spacial score (nSPS) is 15.0. The van der Waals surface area contributed by atoms with Gasteiger partial charge in [0.25, 0.3) is 15.9 Å². The number of carbonyl (C=O) groups excluding carboxylic acids is 2. The Bertz CT molecular complexity index is 1340. The Morgan fingerprint density at radius 2 is 1.79 bits per heavy atom. The molecule has 0 saturated carbocycles.